The summed E-state index contributed by atoms with van der Waals surface area (Å²) in [4.78, 5) is 29.3. The van der Waals surface area contributed by atoms with Crippen LogP contribution in [0.1, 0.15) is 36.7 Å². The highest BCUT2D eigenvalue weighted by Gasteiger charge is 2.49. The Morgan fingerprint density at radius 3 is 2.78 bits per heavy atom. The van der Waals surface area contributed by atoms with Gasteiger partial charge in [0.25, 0.3) is 5.91 Å². The normalized spacial score (nSPS) is 23.3. The summed E-state index contributed by atoms with van der Waals surface area (Å²) in [5, 5.41) is 9.42. The van der Waals surface area contributed by atoms with E-state index < -0.39 is 11.5 Å². The fourth-order valence-electron chi connectivity index (χ4n) is 2.58. The van der Waals surface area contributed by atoms with Crippen molar-refractivity contribution in [2.75, 3.05) is 6.54 Å². The smallest absolute Gasteiger partial charge is 0.329 e. The molecule has 6 heteroatoms. The zero-order valence-corrected chi connectivity index (χ0v) is 10.6. The van der Waals surface area contributed by atoms with E-state index in [2.05, 4.69) is 4.98 Å². The quantitative estimate of drug-likeness (QED) is 0.865. The van der Waals surface area contributed by atoms with Crippen LogP contribution in [0.5, 0.6) is 0 Å². The predicted molar refractivity (Wildman–Crippen MR) is 64.1 cm³/mol. The van der Waals surface area contributed by atoms with Gasteiger partial charge in [-0.2, -0.15) is 0 Å². The number of carboxylic acids is 1. The van der Waals surface area contributed by atoms with Gasteiger partial charge in [-0.15, -0.1) is 0 Å². The number of carboxylic acid groups (broad SMARTS) is 1. The molecular weight excluding hydrogens is 234 g/mol. The number of aryl methyl sites for hydroxylation is 1. The Morgan fingerprint density at radius 1 is 1.56 bits per heavy atom. The van der Waals surface area contributed by atoms with Crippen LogP contribution in [-0.4, -0.2) is 43.5 Å². The van der Waals surface area contributed by atoms with Gasteiger partial charge >= 0.3 is 5.97 Å². The number of carbonyl (C=O) groups excluding carboxylic acids is 1. The van der Waals surface area contributed by atoms with Crippen LogP contribution in [0.4, 0.5) is 0 Å². The molecule has 1 aliphatic heterocycles. The molecule has 1 unspecified atom stereocenters. The van der Waals surface area contributed by atoms with Crippen LogP contribution in [0.2, 0.25) is 0 Å². The van der Waals surface area contributed by atoms with E-state index in [9.17, 15) is 14.7 Å². The summed E-state index contributed by atoms with van der Waals surface area (Å²) in [6.07, 6.45) is 4.80. The molecule has 1 aromatic heterocycles. The minimum atomic E-state index is -1.06. The van der Waals surface area contributed by atoms with E-state index in [-0.39, 0.29) is 5.91 Å². The van der Waals surface area contributed by atoms with Gasteiger partial charge in [0.05, 0.1) is 6.33 Å². The second kappa shape index (κ2) is 4.44. The van der Waals surface area contributed by atoms with Gasteiger partial charge in [0.1, 0.15) is 11.2 Å². The van der Waals surface area contributed by atoms with Gasteiger partial charge in [0.15, 0.2) is 0 Å². The first-order chi connectivity index (χ1) is 8.51. The van der Waals surface area contributed by atoms with E-state index in [4.69, 9.17) is 0 Å². The minimum Gasteiger partial charge on any atom is -0.479 e. The van der Waals surface area contributed by atoms with Crippen LogP contribution in [0.15, 0.2) is 12.5 Å². The molecule has 1 fully saturated rings. The standard InChI is InChI=1S/C12H17N3O3/c1-3-12(11(17)18)5-4-6-15(12)10(16)9-7-14(2)8-13-9/h7-8H,3-6H2,1-2H3,(H,17,18). The molecular formula is C12H17N3O3. The molecule has 1 aliphatic rings. The zero-order valence-electron chi connectivity index (χ0n) is 10.6. The van der Waals surface area contributed by atoms with E-state index in [1.54, 1.807) is 24.7 Å². The topological polar surface area (TPSA) is 75.4 Å². The van der Waals surface area contributed by atoms with Gasteiger partial charge in [0.2, 0.25) is 0 Å². The van der Waals surface area contributed by atoms with Crippen molar-refractivity contribution in [1.82, 2.24) is 14.5 Å². The Kier molecular flexibility index (Phi) is 3.11. The van der Waals surface area contributed by atoms with Crippen molar-refractivity contribution >= 4 is 11.9 Å². The van der Waals surface area contributed by atoms with E-state index in [1.807, 2.05) is 0 Å². The monoisotopic (exact) mass is 251 g/mol. The van der Waals surface area contributed by atoms with Gasteiger partial charge in [-0.25, -0.2) is 9.78 Å². The SMILES string of the molecule is CCC1(C(=O)O)CCCN1C(=O)c1cn(C)cn1. The van der Waals surface area contributed by atoms with E-state index in [1.165, 1.54) is 11.2 Å². The van der Waals surface area contributed by atoms with Gasteiger partial charge < -0.3 is 14.6 Å². The lowest BCUT2D eigenvalue weighted by Gasteiger charge is -2.33. The molecule has 1 saturated heterocycles. The number of hydrogen-bond donors (Lipinski definition) is 1. The Balaban J connectivity index is 2.32. The molecule has 0 aliphatic carbocycles. The van der Waals surface area contributed by atoms with Crippen molar-refractivity contribution in [1.29, 1.82) is 0 Å². The largest absolute Gasteiger partial charge is 0.479 e. The van der Waals surface area contributed by atoms with Gasteiger partial charge in [-0.3, -0.25) is 4.79 Å². The molecule has 1 atom stereocenters. The first-order valence-corrected chi connectivity index (χ1v) is 6.04. The lowest BCUT2D eigenvalue weighted by Crippen LogP contribution is -2.52. The van der Waals surface area contributed by atoms with Crippen molar-refractivity contribution in [2.24, 2.45) is 7.05 Å². The summed E-state index contributed by atoms with van der Waals surface area (Å²) in [5.41, 5.74) is -0.757. The van der Waals surface area contributed by atoms with Gasteiger partial charge in [-0.1, -0.05) is 6.92 Å². The Bertz CT molecular complexity index is 483. The maximum absolute atomic E-state index is 12.3. The van der Waals surface area contributed by atoms with Crippen molar-refractivity contribution in [2.45, 2.75) is 31.7 Å². The molecule has 2 rings (SSSR count). The Hall–Kier alpha value is -1.85. The summed E-state index contributed by atoms with van der Waals surface area (Å²) in [5.74, 6) is -1.22. The summed E-state index contributed by atoms with van der Waals surface area (Å²) in [6, 6.07) is 0. The zero-order chi connectivity index (χ0) is 13.3. The van der Waals surface area contributed by atoms with Crippen LogP contribution < -0.4 is 0 Å². The highest BCUT2D eigenvalue weighted by atomic mass is 16.4. The average Bonchev–Trinajstić information content (AvgIpc) is 2.94. The lowest BCUT2D eigenvalue weighted by atomic mass is 9.93. The van der Waals surface area contributed by atoms with Crippen LogP contribution in [0.3, 0.4) is 0 Å². The molecule has 0 radical (unpaired) electrons. The number of aromatic nitrogens is 2. The molecule has 0 spiro atoms. The van der Waals surface area contributed by atoms with E-state index >= 15 is 0 Å². The molecule has 0 bridgehead atoms. The summed E-state index contributed by atoms with van der Waals surface area (Å²) in [7, 11) is 1.78. The number of aliphatic carboxylic acids is 1. The second-order valence-electron chi connectivity index (χ2n) is 4.68. The molecule has 6 nitrogen and oxygen atoms in total. The minimum absolute atomic E-state index is 0.294. The maximum atomic E-state index is 12.3. The fourth-order valence-corrected chi connectivity index (χ4v) is 2.58. The van der Waals surface area contributed by atoms with Gasteiger partial charge in [-0.05, 0) is 19.3 Å². The third-order valence-electron chi connectivity index (χ3n) is 3.64. The Labute approximate surface area is 105 Å². The number of hydrogen-bond acceptors (Lipinski definition) is 3. The number of amides is 1. The van der Waals surface area contributed by atoms with Crippen LogP contribution in [-0.2, 0) is 11.8 Å². The van der Waals surface area contributed by atoms with Crippen molar-refractivity contribution in [3.63, 3.8) is 0 Å². The summed E-state index contributed by atoms with van der Waals surface area (Å²) < 4.78 is 1.68. The first kappa shape index (κ1) is 12.6. The molecule has 98 valence electrons. The third-order valence-corrected chi connectivity index (χ3v) is 3.64. The highest BCUT2D eigenvalue weighted by Crippen LogP contribution is 2.33. The molecule has 1 aromatic rings. The maximum Gasteiger partial charge on any atom is 0.329 e. The number of nitrogens with zero attached hydrogens (tertiary/aromatic N) is 3. The van der Waals surface area contributed by atoms with Crippen molar-refractivity contribution in [3.8, 4) is 0 Å². The van der Waals surface area contributed by atoms with Gasteiger partial charge in [0, 0.05) is 19.8 Å². The highest BCUT2D eigenvalue weighted by molar-refractivity contribution is 5.96. The molecule has 18 heavy (non-hydrogen) atoms. The fraction of sp³-hybridized carbons (Fsp3) is 0.583. The molecule has 0 aromatic carbocycles. The van der Waals surface area contributed by atoms with Crippen molar-refractivity contribution < 1.29 is 14.7 Å². The molecule has 1 amide bonds. The van der Waals surface area contributed by atoms with E-state index in [0.717, 1.165) is 6.42 Å². The van der Waals surface area contributed by atoms with Crippen LogP contribution in [0.25, 0.3) is 0 Å². The second-order valence-corrected chi connectivity index (χ2v) is 4.68. The van der Waals surface area contributed by atoms with E-state index in [0.29, 0.717) is 25.1 Å². The third kappa shape index (κ3) is 1.77. The number of likely N-dealkylation sites (tertiary alicyclic amines) is 1. The van der Waals surface area contributed by atoms with Crippen molar-refractivity contribution in [3.05, 3.63) is 18.2 Å². The lowest BCUT2D eigenvalue weighted by molar-refractivity contribution is -0.148. The predicted octanol–water partition coefficient (Wildman–Crippen LogP) is 0.889. The number of imidazole rings is 1. The first-order valence-electron chi connectivity index (χ1n) is 6.04. The summed E-state index contributed by atoms with van der Waals surface area (Å²) in [6.45, 7) is 2.29. The summed E-state index contributed by atoms with van der Waals surface area (Å²) >= 11 is 0. The Morgan fingerprint density at radius 2 is 2.28 bits per heavy atom. The number of rotatable bonds is 3. The molecule has 0 saturated carbocycles. The molecule has 1 N–H and O–H groups in total. The average molecular weight is 251 g/mol. The molecule has 2 heterocycles. The van der Waals surface area contributed by atoms with Crippen LogP contribution in [0, 0.1) is 0 Å². The number of carbonyl (C=O) groups is 2. The van der Waals surface area contributed by atoms with Crippen LogP contribution >= 0.6 is 0 Å².